The van der Waals surface area contributed by atoms with E-state index in [4.69, 9.17) is 20.9 Å². The van der Waals surface area contributed by atoms with Crippen molar-refractivity contribution in [1.29, 1.82) is 0 Å². The molecule has 0 N–H and O–H groups in total. The maximum Gasteiger partial charge on any atom is 0.276 e. The van der Waals surface area contributed by atoms with Crippen molar-refractivity contribution in [3.05, 3.63) is 17.5 Å². The Hall–Kier alpha value is -1.07. The number of alkyl halides is 1. The number of ether oxygens (including phenoxy) is 1. The number of piperidine rings is 1. The fourth-order valence-electron chi connectivity index (χ4n) is 1.84. The molecule has 0 aliphatic carbocycles. The van der Waals surface area contributed by atoms with Gasteiger partial charge in [0.2, 0.25) is 0 Å². The van der Waals surface area contributed by atoms with Crippen LogP contribution in [0.5, 0.6) is 0 Å². The van der Waals surface area contributed by atoms with E-state index in [-0.39, 0.29) is 11.3 Å². The van der Waals surface area contributed by atoms with E-state index < -0.39 is 0 Å². The van der Waals surface area contributed by atoms with Crippen molar-refractivity contribution in [2.75, 3.05) is 20.2 Å². The molecule has 1 fully saturated rings. The van der Waals surface area contributed by atoms with Crippen LogP contribution >= 0.6 is 11.6 Å². The monoisotopic (exact) mass is 258 g/mol. The number of hydrogen-bond donors (Lipinski definition) is 0. The lowest BCUT2D eigenvalue weighted by atomic mass is 10.1. The molecule has 94 valence electrons. The van der Waals surface area contributed by atoms with Crippen LogP contribution in [-0.2, 0) is 11.3 Å². The van der Waals surface area contributed by atoms with Gasteiger partial charge in [0.1, 0.15) is 6.61 Å². The highest BCUT2D eigenvalue weighted by Crippen LogP contribution is 2.17. The summed E-state index contributed by atoms with van der Waals surface area (Å²) in [4.78, 5) is 13.8. The maximum absolute atomic E-state index is 12.0. The van der Waals surface area contributed by atoms with Crippen LogP contribution in [0.1, 0.15) is 29.1 Å². The highest BCUT2D eigenvalue weighted by Gasteiger charge is 2.24. The second-order valence-corrected chi connectivity index (χ2v) is 4.70. The Morgan fingerprint density at radius 2 is 2.35 bits per heavy atom. The van der Waals surface area contributed by atoms with E-state index in [2.05, 4.69) is 5.16 Å². The summed E-state index contributed by atoms with van der Waals surface area (Å²) in [6, 6.07) is 1.62. The predicted octanol–water partition coefficient (Wildman–Crippen LogP) is 1.66. The molecule has 17 heavy (non-hydrogen) atoms. The molecule has 0 unspecified atom stereocenters. The highest BCUT2D eigenvalue weighted by molar-refractivity contribution is 6.20. The molecule has 1 aliphatic rings. The van der Waals surface area contributed by atoms with Gasteiger partial charge in [-0.25, -0.2) is 0 Å². The summed E-state index contributed by atoms with van der Waals surface area (Å²) in [6.45, 7) is 1.68. The summed E-state index contributed by atoms with van der Waals surface area (Å²) in [6.07, 6.45) is 1.66. The van der Waals surface area contributed by atoms with Crippen molar-refractivity contribution in [3.8, 4) is 0 Å². The zero-order valence-electron chi connectivity index (χ0n) is 9.69. The number of methoxy groups -OCH3 is 1. The first-order chi connectivity index (χ1) is 8.20. The van der Waals surface area contributed by atoms with Crippen LogP contribution in [0.4, 0.5) is 0 Å². The number of likely N-dealkylation sites (tertiary alicyclic amines) is 1. The van der Waals surface area contributed by atoms with Crippen LogP contribution in [0.3, 0.4) is 0 Å². The SMILES string of the molecule is COCc1cc(C(=O)N2CCC(Cl)CC2)no1. The molecule has 6 heteroatoms. The first-order valence-electron chi connectivity index (χ1n) is 5.58. The number of carbonyl (C=O) groups excluding carboxylic acids is 1. The first-order valence-corrected chi connectivity index (χ1v) is 6.02. The van der Waals surface area contributed by atoms with Gasteiger partial charge in [0.05, 0.1) is 0 Å². The Kier molecular flexibility index (Phi) is 4.02. The highest BCUT2D eigenvalue weighted by atomic mass is 35.5. The van der Waals surface area contributed by atoms with E-state index in [0.717, 1.165) is 12.8 Å². The molecule has 0 aromatic carbocycles. The van der Waals surface area contributed by atoms with Gasteiger partial charge >= 0.3 is 0 Å². The number of hydrogen-bond acceptors (Lipinski definition) is 4. The third kappa shape index (κ3) is 2.98. The molecule has 2 rings (SSSR count). The average molecular weight is 259 g/mol. The lowest BCUT2D eigenvalue weighted by Crippen LogP contribution is -2.38. The molecule has 1 aromatic heterocycles. The zero-order chi connectivity index (χ0) is 12.3. The zero-order valence-corrected chi connectivity index (χ0v) is 10.4. The van der Waals surface area contributed by atoms with Crippen molar-refractivity contribution in [1.82, 2.24) is 10.1 Å². The van der Waals surface area contributed by atoms with Crippen molar-refractivity contribution >= 4 is 17.5 Å². The first kappa shape index (κ1) is 12.4. The van der Waals surface area contributed by atoms with Crippen LogP contribution in [0.2, 0.25) is 0 Å². The van der Waals surface area contributed by atoms with Gasteiger partial charge in [-0.15, -0.1) is 11.6 Å². The fourth-order valence-corrected chi connectivity index (χ4v) is 2.03. The normalized spacial score (nSPS) is 17.4. The third-order valence-electron chi connectivity index (χ3n) is 2.78. The van der Waals surface area contributed by atoms with Crippen LogP contribution < -0.4 is 0 Å². The van der Waals surface area contributed by atoms with E-state index in [1.54, 1.807) is 18.1 Å². The summed E-state index contributed by atoms with van der Waals surface area (Å²) in [5.74, 6) is 0.461. The minimum Gasteiger partial charge on any atom is -0.377 e. The van der Waals surface area contributed by atoms with Gasteiger partial charge in [-0.1, -0.05) is 5.16 Å². The minimum atomic E-state index is -0.0975. The number of rotatable bonds is 3. The molecular formula is C11H15ClN2O3. The molecular weight excluding hydrogens is 244 g/mol. The molecule has 0 bridgehead atoms. The van der Waals surface area contributed by atoms with Crippen LogP contribution in [0, 0.1) is 0 Å². The van der Waals surface area contributed by atoms with Gasteiger partial charge in [0.15, 0.2) is 11.5 Å². The quantitative estimate of drug-likeness (QED) is 0.774. The van der Waals surface area contributed by atoms with Crippen molar-refractivity contribution in [3.63, 3.8) is 0 Å². The molecule has 0 atom stereocenters. The summed E-state index contributed by atoms with van der Waals surface area (Å²) in [5, 5.41) is 3.93. The standard InChI is InChI=1S/C11H15ClN2O3/c1-16-7-9-6-10(13-17-9)11(15)14-4-2-8(12)3-5-14/h6,8H,2-5,7H2,1H3. The molecule has 5 nitrogen and oxygen atoms in total. The van der Waals surface area contributed by atoms with E-state index in [1.165, 1.54) is 0 Å². The van der Waals surface area contributed by atoms with Gasteiger partial charge in [0, 0.05) is 31.6 Å². The molecule has 1 amide bonds. The second kappa shape index (κ2) is 5.51. The van der Waals surface area contributed by atoms with Gasteiger partial charge < -0.3 is 14.2 Å². The lowest BCUT2D eigenvalue weighted by Gasteiger charge is -2.28. The maximum atomic E-state index is 12.0. The van der Waals surface area contributed by atoms with Gasteiger partial charge in [-0.2, -0.15) is 0 Å². The Morgan fingerprint density at radius 1 is 1.65 bits per heavy atom. The second-order valence-electron chi connectivity index (χ2n) is 4.08. The minimum absolute atomic E-state index is 0.0975. The third-order valence-corrected chi connectivity index (χ3v) is 3.21. The Morgan fingerprint density at radius 3 is 3.00 bits per heavy atom. The van der Waals surface area contributed by atoms with Crippen LogP contribution in [0.15, 0.2) is 10.6 Å². The number of carbonyl (C=O) groups is 1. The van der Waals surface area contributed by atoms with Crippen LogP contribution in [0.25, 0.3) is 0 Å². The Labute approximate surface area is 105 Å². The Bertz CT molecular complexity index is 386. The van der Waals surface area contributed by atoms with E-state index >= 15 is 0 Å². The summed E-state index contributed by atoms with van der Waals surface area (Å²) >= 11 is 5.99. The van der Waals surface area contributed by atoms with E-state index in [1.807, 2.05) is 0 Å². The molecule has 0 saturated carbocycles. The molecule has 1 aliphatic heterocycles. The van der Waals surface area contributed by atoms with Gasteiger partial charge in [0.25, 0.3) is 5.91 Å². The van der Waals surface area contributed by atoms with Gasteiger partial charge in [-0.3, -0.25) is 4.79 Å². The topological polar surface area (TPSA) is 55.6 Å². The fraction of sp³-hybridized carbons (Fsp3) is 0.636. The Balaban J connectivity index is 1.98. The van der Waals surface area contributed by atoms with E-state index in [9.17, 15) is 4.79 Å². The summed E-state index contributed by atoms with van der Waals surface area (Å²) < 4.78 is 9.89. The number of amides is 1. The van der Waals surface area contributed by atoms with Gasteiger partial charge in [-0.05, 0) is 12.8 Å². The van der Waals surface area contributed by atoms with Crippen molar-refractivity contribution in [2.45, 2.75) is 24.8 Å². The largest absolute Gasteiger partial charge is 0.377 e. The number of halogens is 1. The predicted molar refractivity (Wildman–Crippen MR) is 62.0 cm³/mol. The van der Waals surface area contributed by atoms with Crippen molar-refractivity contribution < 1.29 is 14.1 Å². The smallest absolute Gasteiger partial charge is 0.276 e. The number of nitrogens with zero attached hydrogens (tertiary/aromatic N) is 2. The summed E-state index contributed by atoms with van der Waals surface area (Å²) in [5.41, 5.74) is 0.338. The molecule has 0 spiro atoms. The molecule has 0 radical (unpaired) electrons. The lowest BCUT2D eigenvalue weighted by molar-refractivity contribution is 0.0715. The molecule has 1 saturated heterocycles. The van der Waals surface area contributed by atoms with Crippen molar-refractivity contribution in [2.24, 2.45) is 0 Å². The number of aromatic nitrogens is 1. The average Bonchev–Trinajstić information content (AvgIpc) is 2.78. The summed E-state index contributed by atoms with van der Waals surface area (Å²) in [7, 11) is 1.56. The van der Waals surface area contributed by atoms with E-state index in [0.29, 0.717) is 31.2 Å². The molecule has 2 heterocycles. The van der Waals surface area contributed by atoms with Crippen LogP contribution in [-0.4, -0.2) is 41.5 Å². The molecule has 1 aromatic rings.